The number of nitrogens with zero attached hydrogens (tertiary/aromatic N) is 1. The van der Waals surface area contributed by atoms with Crippen LogP contribution in [0, 0.1) is 0 Å². The van der Waals surface area contributed by atoms with E-state index in [9.17, 15) is 0 Å². The number of pyridine rings is 1. The van der Waals surface area contributed by atoms with Crippen LogP contribution in [0.15, 0.2) is 53.6 Å². The molecule has 2 aliphatic rings. The van der Waals surface area contributed by atoms with Gasteiger partial charge in [0.2, 0.25) is 5.88 Å². The first kappa shape index (κ1) is 10.9. The number of ether oxygens (including phenoxy) is 2. The smallest absolute Gasteiger partial charge is 0.219 e. The first-order chi connectivity index (χ1) is 8.74. The van der Waals surface area contributed by atoms with Crippen LogP contribution in [0.1, 0.15) is 13.3 Å². The van der Waals surface area contributed by atoms with E-state index in [2.05, 4.69) is 11.1 Å². The molecule has 1 aromatic heterocycles. The van der Waals surface area contributed by atoms with Crippen LogP contribution in [-0.4, -0.2) is 11.1 Å². The molecule has 0 saturated heterocycles. The monoisotopic (exact) mass is 242 g/mol. The molecule has 18 heavy (non-hydrogen) atoms. The van der Waals surface area contributed by atoms with Crippen LogP contribution in [-0.2, 0) is 4.74 Å². The van der Waals surface area contributed by atoms with Crippen molar-refractivity contribution in [2.75, 3.05) is 5.73 Å². The number of hydrogen-bond donors (Lipinski definition) is 1. The van der Waals surface area contributed by atoms with Gasteiger partial charge in [-0.25, -0.2) is 4.98 Å². The summed E-state index contributed by atoms with van der Waals surface area (Å²) in [7, 11) is 0. The molecule has 0 fully saturated rings. The zero-order valence-electron chi connectivity index (χ0n) is 10.1. The number of anilines is 1. The van der Waals surface area contributed by atoms with Gasteiger partial charge in [-0.05, 0) is 25.5 Å². The molecule has 1 aliphatic carbocycles. The van der Waals surface area contributed by atoms with Crippen molar-refractivity contribution >= 4 is 5.69 Å². The summed E-state index contributed by atoms with van der Waals surface area (Å²) in [6, 6.07) is 3.53. The van der Waals surface area contributed by atoms with E-state index in [1.165, 1.54) is 5.57 Å². The third-order valence-electron chi connectivity index (χ3n) is 3.01. The summed E-state index contributed by atoms with van der Waals surface area (Å²) in [6.07, 6.45) is 8.34. The van der Waals surface area contributed by atoms with Gasteiger partial charge in [-0.1, -0.05) is 6.08 Å². The standard InChI is InChI=1S/C14H14N2O2/c1-9-14-10(8-17-9)3-2-4-12(14)18-13-6-5-11(15)7-16-13/h2,4-9H,3,15H2,1H3. The number of rotatable bonds is 2. The van der Waals surface area contributed by atoms with Gasteiger partial charge in [0, 0.05) is 17.2 Å². The van der Waals surface area contributed by atoms with E-state index in [-0.39, 0.29) is 6.10 Å². The summed E-state index contributed by atoms with van der Waals surface area (Å²) in [5.41, 5.74) is 8.50. The first-order valence-electron chi connectivity index (χ1n) is 5.89. The lowest BCUT2D eigenvalue weighted by Gasteiger charge is -2.16. The number of allylic oxidation sites excluding steroid dienone is 2. The van der Waals surface area contributed by atoms with Crippen molar-refractivity contribution in [1.82, 2.24) is 4.98 Å². The van der Waals surface area contributed by atoms with Crippen LogP contribution in [0.25, 0.3) is 0 Å². The van der Waals surface area contributed by atoms with E-state index < -0.39 is 0 Å². The van der Waals surface area contributed by atoms with Gasteiger partial charge in [0.15, 0.2) is 0 Å². The molecule has 1 aliphatic heterocycles. The van der Waals surface area contributed by atoms with Crippen LogP contribution in [0.5, 0.6) is 5.88 Å². The lowest BCUT2D eigenvalue weighted by Crippen LogP contribution is -2.11. The van der Waals surface area contributed by atoms with Crippen LogP contribution in [0.4, 0.5) is 5.69 Å². The molecule has 0 bridgehead atoms. The van der Waals surface area contributed by atoms with Crippen molar-refractivity contribution in [3.63, 3.8) is 0 Å². The molecule has 2 N–H and O–H groups in total. The Bertz CT molecular complexity index is 556. The fourth-order valence-corrected chi connectivity index (χ4v) is 2.13. The third-order valence-corrected chi connectivity index (χ3v) is 3.01. The Hall–Kier alpha value is -2.23. The average molecular weight is 242 g/mol. The van der Waals surface area contributed by atoms with Crippen molar-refractivity contribution in [2.45, 2.75) is 19.4 Å². The van der Waals surface area contributed by atoms with Gasteiger partial charge in [-0.2, -0.15) is 0 Å². The highest BCUT2D eigenvalue weighted by molar-refractivity contribution is 5.47. The lowest BCUT2D eigenvalue weighted by molar-refractivity contribution is 0.210. The molecule has 1 atom stereocenters. The van der Waals surface area contributed by atoms with Gasteiger partial charge in [0.1, 0.15) is 11.9 Å². The fraction of sp³-hybridized carbons (Fsp3) is 0.214. The van der Waals surface area contributed by atoms with E-state index in [0.29, 0.717) is 11.6 Å². The highest BCUT2D eigenvalue weighted by atomic mass is 16.5. The molecule has 0 spiro atoms. The second-order valence-electron chi connectivity index (χ2n) is 4.34. The number of aromatic nitrogens is 1. The Kier molecular flexibility index (Phi) is 2.55. The third kappa shape index (κ3) is 1.86. The normalized spacial score (nSPS) is 21.4. The summed E-state index contributed by atoms with van der Waals surface area (Å²) < 4.78 is 11.3. The van der Waals surface area contributed by atoms with E-state index in [4.69, 9.17) is 15.2 Å². The minimum absolute atomic E-state index is 0.0359. The Morgan fingerprint density at radius 2 is 2.33 bits per heavy atom. The average Bonchev–Trinajstić information content (AvgIpc) is 2.75. The summed E-state index contributed by atoms with van der Waals surface area (Å²) in [5, 5.41) is 0. The van der Waals surface area contributed by atoms with Crippen molar-refractivity contribution in [1.29, 1.82) is 0 Å². The van der Waals surface area contributed by atoms with Crippen LogP contribution < -0.4 is 10.5 Å². The van der Waals surface area contributed by atoms with E-state index in [0.717, 1.165) is 17.8 Å². The maximum absolute atomic E-state index is 5.80. The molecule has 2 heterocycles. The van der Waals surface area contributed by atoms with Gasteiger partial charge in [0.05, 0.1) is 18.1 Å². The van der Waals surface area contributed by atoms with Crippen LogP contribution >= 0.6 is 0 Å². The quantitative estimate of drug-likeness (QED) is 0.865. The summed E-state index contributed by atoms with van der Waals surface area (Å²) in [4.78, 5) is 4.14. The Balaban J connectivity index is 1.91. The summed E-state index contributed by atoms with van der Waals surface area (Å²) in [5.74, 6) is 1.34. The molecule has 92 valence electrons. The number of fused-ring (bicyclic) bond motifs is 1. The molecule has 0 saturated carbocycles. The molecule has 0 radical (unpaired) electrons. The van der Waals surface area contributed by atoms with Crippen molar-refractivity contribution in [3.8, 4) is 5.88 Å². The maximum atomic E-state index is 5.80. The SMILES string of the molecule is CC1OC=C2CC=CC(Oc3ccc(N)cn3)=C21. The topological polar surface area (TPSA) is 57.4 Å². The van der Waals surface area contributed by atoms with Gasteiger partial charge in [-0.15, -0.1) is 0 Å². The minimum Gasteiger partial charge on any atom is -0.493 e. The van der Waals surface area contributed by atoms with Crippen molar-refractivity contribution < 1.29 is 9.47 Å². The largest absolute Gasteiger partial charge is 0.493 e. The van der Waals surface area contributed by atoms with E-state index in [1.807, 2.05) is 19.3 Å². The summed E-state index contributed by atoms with van der Waals surface area (Å²) in [6.45, 7) is 2.01. The van der Waals surface area contributed by atoms with E-state index >= 15 is 0 Å². The lowest BCUT2D eigenvalue weighted by atomic mass is 9.96. The second kappa shape index (κ2) is 4.22. The molecular formula is C14H14N2O2. The Morgan fingerprint density at radius 1 is 1.44 bits per heavy atom. The molecule has 0 aromatic carbocycles. The molecule has 1 aromatic rings. The first-order valence-corrected chi connectivity index (χ1v) is 5.89. The highest BCUT2D eigenvalue weighted by Gasteiger charge is 2.27. The number of hydrogen-bond acceptors (Lipinski definition) is 4. The number of nitrogen functional groups attached to an aromatic ring is 1. The van der Waals surface area contributed by atoms with Crippen LogP contribution in [0.3, 0.4) is 0 Å². The van der Waals surface area contributed by atoms with Gasteiger partial charge in [0.25, 0.3) is 0 Å². The minimum atomic E-state index is 0.0359. The predicted octanol–water partition coefficient (Wildman–Crippen LogP) is 2.56. The Morgan fingerprint density at radius 3 is 3.11 bits per heavy atom. The molecule has 1 unspecified atom stereocenters. The predicted molar refractivity (Wildman–Crippen MR) is 68.7 cm³/mol. The Labute approximate surface area is 105 Å². The van der Waals surface area contributed by atoms with E-state index in [1.54, 1.807) is 18.3 Å². The zero-order chi connectivity index (χ0) is 12.5. The van der Waals surface area contributed by atoms with Gasteiger partial charge in [-0.3, -0.25) is 0 Å². The van der Waals surface area contributed by atoms with Gasteiger partial charge < -0.3 is 15.2 Å². The van der Waals surface area contributed by atoms with Crippen LogP contribution in [0.2, 0.25) is 0 Å². The summed E-state index contributed by atoms with van der Waals surface area (Å²) >= 11 is 0. The molecule has 3 rings (SSSR count). The molecule has 0 amide bonds. The van der Waals surface area contributed by atoms with Crippen molar-refractivity contribution in [3.05, 3.63) is 53.6 Å². The van der Waals surface area contributed by atoms with Crippen molar-refractivity contribution in [2.24, 2.45) is 0 Å². The zero-order valence-corrected chi connectivity index (χ0v) is 10.1. The fourth-order valence-electron chi connectivity index (χ4n) is 2.13. The maximum Gasteiger partial charge on any atom is 0.219 e. The molecule has 4 nitrogen and oxygen atoms in total. The number of nitrogens with two attached hydrogens (primary N) is 1. The second-order valence-corrected chi connectivity index (χ2v) is 4.34. The molecule has 4 heteroatoms. The highest BCUT2D eigenvalue weighted by Crippen LogP contribution is 2.34. The van der Waals surface area contributed by atoms with Gasteiger partial charge >= 0.3 is 0 Å². The molecular weight excluding hydrogens is 228 g/mol.